The number of hydrogen-bond acceptors (Lipinski definition) is 25. The summed E-state index contributed by atoms with van der Waals surface area (Å²) < 4.78 is 27.0. The Balaban J connectivity index is 0.000000213. The number of rotatable bonds is 40. The molecule has 139 heavy (non-hydrogen) atoms. The predicted molar refractivity (Wildman–Crippen MR) is 555 cm³/mol. The Morgan fingerprint density at radius 1 is 0.338 bits per heavy atom. The minimum absolute atomic E-state index is 0.00192. The van der Waals surface area contributed by atoms with Crippen LogP contribution in [0.2, 0.25) is 50.2 Å². The maximum atomic E-state index is 12.5. The summed E-state index contributed by atoms with van der Waals surface area (Å²) in [7, 11) is 0. The van der Waals surface area contributed by atoms with Gasteiger partial charge in [-0.2, -0.15) is 0 Å². The molecule has 0 radical (unpaired) electrons. The lowest BCUT2D eigenvalue weighted by molar-refractivity contribution is -0.151. The molecule has 2 aliphatic heterocycles. The topological polar surface area (TPSA) is 414 Å². The fraction of sp³-hybridized carbons (Fsp3) is 0.314. The first-order valence-corrected chi connectivity index (χ1v) is 48.5. The zero-order chi connectivity index (χ0) is 101. The number of para-hydroxylation sites is 10. The monoisotopic (exact) mass is 2090 g/mol. The second-order valence-electron chi connectivity index (χ2n) is 32.1. The van der Waals surface area contributed by atoms with Gasteiger partial charge < -0.3 is 88.7 Å². The van der Waals surface area contributed by atoms with Gasteiger partial charge in [-0.15, -0.1) is 0 Å². The average molecular weight is 2100 g/mol. The standard InChI is InChI=1S/C22H25Cl2N3O3.C21H23Cl2N3O3.2C20H22Cl2N2O3.C19H20Cl2N2O3/c23-17-5-3-6-18(24)22(17)26-19-7-2-1-4-16(19)12-21(29)30-14-15-8-10-27(11-9-15)20(28)13-25;22-16-5-3-6-17(23)21(16)25-18-7-2-1-4-14(18)12-20(28)29-15-8-10-26(11-9-15)19(27)13-24;1-13(9-15(25)11-23)12-27-19(26)10-14-5-2-3-8-18(14)24-20-16(21)6-4-7-17(20)22;1-13(9-10-15(25)12-23)27-19(26)11-14-5-2-3-8-18(14)24-20-16(21)6-4-7-17(20)22;20-15-7-3-8-16(21)19(15)23-17-9-2-1-5-13(17)11-18(25)26-10-4-6-14(24)12-22/h1-7,15,26H,8-14,25H2;1-7,15,25H,8-13,24H2;2*2-8,13,24H,9-12,23H2,1H3;1-3,5,7-9,23H,4,6,10-12,22H2. The molecule has 2 saturated heterocycles. The number of nitrogens with zero attached hydrogens (tertiary/aromatic N) is 2. The lowest BCUT2D eigenvalue weighted by Crippen LogP contribution is -2.44. The number of nitrogens with two attached hydrogens (primary N) is 5. The third-order valence-corrected chi connectivity index (χ3v) is 24.7. The number of carbonyl (C=O) groups excluding carboxylic acids is 10. The van der Waals surface area contributed by atoms with Crippen molar-refractivity contribution >= 4 is 232 Å². The van der Waals surface area contributed by atoms with Crippen molar-refractivity contribution in [3.63, 3.8) is 0 Å². The van der Waals surface area contributed by atoms with E-state index in [4.69, 9.17) is 168 Å². The van der Waals surface area contributed by atoms with Crippen LogP contribution >= 0.6 is 116 Å². The molecule has 2 heterocycles. The van der Waals surface area contributed by atoms with Crippen molar-refractivity contribution < 1.29 is 71.6 Å². The molecule has 27 nitrogen and oxygen atoms in total. The Bertz CT molecular complexity index is 5690. The maximum Gasteiger partial charge on any atom is 0.310 e. The van der Waals surface area contributed by atoms with Gasteiger partial charge in [0.2, 0.25) is 11.8 Å². The van der Waals surface area contributed by atoms with Crippen LogP contribution in [0.25, 0.3) is 0 Å². The first-order valence-electron chi connectivity index (χ1n) is 44.7. The molecule has 0 saturated carbocycles. The van der Waals surface area contributed by atoms with Gasteiger partial charge in [0, 0.05) is 86.7 Å². The number of ketones is 3. The summed E-state index contributed by atoms with van der Waals surface area (Å²) in [5.74, 6) is -1.80. The highest BCUT2D eigenvalue weighted by Crippen LogP contribution is 2.40. The lowest BCUT2D eigenvalue weighted by atomic mass is 9.98. The molecule has 15 N–H and O–H groups in total. The number of hydrogen-bond donors (Lipinski definition) is 10. The number of Topliss-reactive ketones (excluding diaryl/α,β-unsaturated/α-hetero) is 3. The number of benzene rings is 10. The number of esters is 5. The molecule has 10 aromatic carbocycles. The highest BCUT2D eigenvalue weighted by atomic mass is 35.5. The van der Waals surface area contributed by atoms with E-state index in [0.717, 1.165) is 69.1 Å². The van der Waals surface area contributed by atoms with E-state index >= 15 is 0 Å². The lowest BCUT2D eigenvalue weighted by Gasteiger charge is -2.31. The summed E-state index contributed by atoms with van der Waals surface area (Å²) in [4.78, 5) is 122. The van der Waals surface area contributed by atoms with Crippen molar-refractivity contribution in [3.05, 3.63) is 290 Å². The third-order valence-electron chi connectivity index (χ3n) is 21.6. The maximum absolute atomic E-state index is 12.5. The van der Waals surface area contributed by atoms with Crippen LogP contribution in [0.15, 0.2) is 212 Å². The van der Waals surface area contributed by atoms with Crippen LogP contribution < -0.4 is 55.3 Å². The highest BCUT2D eigenvalue weighted by molar-refractivity contribution is 6.42. The Morgan fingerprint density at radius 2 is 0.626 bits per heavy atom. The van der Waals surface area contributed by atoms with Crippen molar-refractivity contribution in [2.75, 3.05) is 105 Å². The fourth-order valence-corrected chi connectivity index (χ4v) is 16.5. The van der Waals surface area contributed by atoms with E-state index in [9.17, 15) is 47.9 Å². The summed E-state index contributed by atoms with van der Waals surface area (Å²) in [5, 5.41) is 20.9. The third kappa shape index (κ3) is 39.0. The SMILES string of the molecule is CC(CCC(=O)CN)OC(=O)Cc1ccccc1Nc1c(Cl)cccc1Cl.CC(COC(=O)Cc1ccccc1Nc1c(Cl)cccc1Cl)CC(=O)CN.NCC(=O)CCCOC(=O)Cc1ccccc1Nc1c(Cl)cccc1Cl.NCC(=O)N1CCC(COC(=O)Cc2ccccc2Nc2c(Cl)cccc2Cl)CC1.NCC(=O)N1CCC(OC(=O)Cc2ccccc2Nc2c(Cl)cccc2Cl)CC1. The zero-order valence-corrected chi connectivity index (χ0v) is 84.1. The Morgan fingerprint density at radius 3 is 0.950 bits per heavy atom. The minimum atomic E-state index is -0.374. The van der Waals surface area contributed by atoms with E-state index in [1.54, 1.807) is 108 Å². The molecule has 2 amide bonds. The second-order valence-corrected chi connectivity index (χ2v) is 36.2. The first-order chi connectivity index (χ1) is 66.8. The molecular formula is C102H112Cl10N12O15. The van der Waals surface area contributed by atoms with Gasteiger partial charge in [-0.25, -0.2) is 0 Å². The van der Waals surface area contributed by atoms with Gasteiger partial charge in [-0.05, 0) is 163 Å². The molecule has 0 aromatic heterocycles. The van der Waals surface area contributed by atoms with Crippen LogP contribution in [0.5, 0.6) is 0 Å². The van der Waals surface area contributed by atoms with Gasteiger partial charge in [0.15, 0.2) is 0 Å². The van der Waals surface area contributed by atoms with Crippen molar-refractivity contribution in [2.45, 2.75) is 116 Å². The van der Waals surface area contributed by atoms with E-state index in [1.807, 2.05) is 128 Å². The molecule has 2 unspecified atom stereocenters. The first kappa shape index (κ1) is 113. The van der Waals surface area contributed by atoms with Crippen molar-refractivity contribution in [3.8, 4) is 0 Å². The molecule has 2 aliphatic rings. The molecule has 12 rings (SSSR count). The van der Waals surface area contributed by atoms with E-state index in [1.165, 1.54) is 0 Å². The Hall–Kier alpha value is -10.8. The van der Waals surface area contributed by atoms with Gasteiger partial charge in [0.25, 0.3) is 0 Å². The normalized spacial score (nSPS) is 12.6. The van der Waals surface area contributed by atoms with Gasteiger partial charge in [-0.3, -0.25) is 47.9 Å². The van der Waals surface area contributed by atoms with Crippen LogP contribution in [0, 0.1) is 11.8 Å². The summed E-state index contributed by atoms with van der Waals surface area (Å²) in [6, 6.07) is 63.2. The molecule has 740 valence electrons. The Kier molecular flexibility index (Phi) is 49.3. The highest BCUT2D eigenvalue weighted by Gasteiger charge is 2.28. The summed E-state index contributed by atoms with van der Waals surface area (Å²) in [6.07, 6.45) is 4.65. The van der Waals surface area contributed by atoms with E-state index in [0.29, 0.717) is 156 Å². The van der Waals surface area contributed by atoms with Gasteiger partial charge in [0.1, 0.15) is 23.5 Å². The molecule has 10 aromatic rings. The van der Waals surface area contributed by atoms with Gasteiger partial charge >= 0.3 is 29.8 Å². The largest absolute Gasteiger partial charge is 0.465 e. The van der Waals surface area contributed by atoms with Crippen molar-refractivity contribution in [1.82, 2.24) is 9.80 Å². The zero-order valence-electron chi connectivity index (χ0n) is 76.6. The van der Waals surface area contributed by atoms with E-state index in [2.05, 4.69) is 26.6 Å². The van der Waals surface area contributed by atoms with E-state index < -0.39 is 0 Å². The number of anilines is 10. The minimum Gasteiger partial charge on any atom is -0.465 e. The van der Waals surface area contributed by atoms with Crippen LogP contribution in [0.4, 0.5) is 56.9 Å². The number of halogens is 10. The molecule has 0 spiro atoms. The molecule has 37 heteroatoms. The molecule has 0 bridgehead atoms. The number of nitrogens with one attached hydrogen (secondary N) is 5. The quantitative estimate of drug-likeness (QED) is 0.00968. The van der Waals surface area contributed by atoms with E-state index in [-0.39, 0.29) is 161 Å². The second kappa shape index (κ2) is 60.4. The fourth-order valence-electron chi connectivity index (χ4n) is 14.1. The van der Waals surface area contributed by atoms with Crippen molar-refractivity contribution in [2.24, 2.45) is 40.5 Å². The number of amides is 2. The van der Waals surface area contributed by atoms with Crippen LogP contribution in [0.3, 0.4) is 0 Å². The molecule has 2 atom stereocenters. The Labute approximate surface area is 858 Å². The van der Waals surface area contributed by atoms with Crippen LogP contribution in [-0.2, 0) is 104 Å². The number of likely N-dealkylation sites (tertiary alicyclic amines) is 2. The van der Waals surface area contributed by atoms with Crippen molar-refractivity contribution in [1.29, 1.82) is 0 Å². The molecule has 0 aliphatic carbocycles. The smallest absolute Gasteiger partial charge is 0.310 e. The number of ether oxygens (including phenoxy) is 5. The van der Waals surface area contributed by atoms with Crippen LogP contribution in [0.1, 0.15) is 99.5 Å². The van der Waals surface area contributed by atoms with Crippen LogP contribution in [-0.4, -0.2) is 160 Å². The molecule has 2 fully saturated rings. The summed E-state index contributed by atoms with van der Waals surface area (Å²) >= 11 is 62.1. The summed E-state index contributed by atoms with van der Waals surface area (Å²) in [6.45, 7) is 6.80. The van der Waals surface area contributed by atoms with Gasteiger partial charge in [0.05, 0.1) is 169 Å². The number of piperidine rings is 2. The average Bonchev–Trinajstić information content (AvgIpc) is 0.834. The predicted octanol–water partition coefficient (Wildman–Crippen LogP) is 20.8. The molecular weight excluding hydrogens is 1990 g/mol. The number of carbonyl (C=O) groups is 10. The summed E-state index contributed by atoms with van der Waals surface area (Å²) in [5.41, 5.74) is 37.0. The van der Waals surface area contributed by atoms with Gasteiger partial charge in [-0.1, -0.05) is 244 Å².